The molecule has 0 radical (unpaired) electrons. The van der Waals surface area contributed by atoms with Crippen LogP contribution < -0.4 is 10.2 Å². The summed E-state index contributed by atoms with van der Waals surface area (Å²) < 4.78 is 0. The molecule has 4 rings (SSSR count). The van der Waals surface area contributed by atoms with E-state index in [2.05, 4.69) is 10.2 Å². The summed E-state index contributed by atoms with van der Waals surface area (Å²) in [5, 5.41) is 11.7. The highest BCUT2D eigenvalue weighted by molar-refractivity contribution is 6.34. The van der Waals surface area contributed by atoms with E-state index in [4.69, 9.17) is 16.7 Å². The molecule has 11 heteroatoms. The number of urea groups is 1. The number of nitrogens with zero attached hydrogens (tertiary/aromatic N) is 4. The fraction of sp³-hybridized carbons (Fsp3) is 0.565. The lowest BCUT2D eigenvalue weighted by Crippen LogP contribution is -2.50. The zero-order valence-electron chi connectivity index (χ0n) is 19.0. The van der Waals surface area contributed by atoms with Crippen molar-refractivity contribution in [1.29, 1.82) is 0 Å². The van der Waals surface area contributed by atoms with Crippen LogP contribution in [-0.4, -0.2) is 96.1 Å². The van der Waals surface area contributed by atoms with E-state index in [0.29, 0.717) is 48.4 Å². The van der Waals surface area contributed by atoms with Gasteiger partial charge in [0.2, 0.25) is 5.91 Å². The second kappa shape index (κ2) is 10.6. The van der Waals surface area contributed by atoms with Gasteiger partial charge in [-0.05, 0) is 49.9 Å². The van der Waals surface area contributed by atoms with Gasteiger partial charge in [0.1, 0.15) is 0 Å². The lowest BCUT2D eigenvalue weighted by atomic mass is 9.93. The standard InChI is InChI=1S/C23H30ClN5O5/c24-18-2-1-17(15-19(18)29-10-6-20(30)25-22(29)32)21(31)27-13-11-26(12-14-27)7-3-16-4-8-28(9-5-16)23(33)34/h1-2,15-16H,3-14H2,(H,33,34)(H,25,30,32). The van der Waals surface area contributed by atoms with Crippen LogP contribution in [0.15, 0.2) is 18.2 Å². The summed E-state index contributed by atoms with van der Waals surface area (Å²) in [4.78, 5) is 54.8. The molecule has 0 saturated carbocycles. The number of carbonyl (C=O) groups excluding carboxylic acids is 3. The Balaban J connectivity index is 1.28. The number of likely N-dealkylation sites (tertiary alicyclic amines) is 1. The van der Waals surface area contributed by atoms with Gasteiger partial charge in [-0.15, -0.1) is 0 Å². The van der Waals surface area contributed by atoms with Crippen molar-refractivity contribution in [3.05, 3.63) is 28.8 Å². The summed E-state index contributed by atoms with van der Waals surface area (Å²) in [7, 11) is 0. The lowest BCUT2D eigenvalue weighted by Gasteiger charge is -2.36. The Morgan fingerprint density at radius 2 is 1.71 bits per heavy atom. The van der Waals surface area contributed by atoms with E-state index in [-0.39, 0.29) is 24.8 Å². The molecule has 1 aromatic carbocycles. The molecular weight excluding hydrogens is 462 g/mol. The van der Waals surface area contributed by atoms with Gasteiger partial charge in [-0.2, -0.15) is 0 Å². The van der Waals surface area contributed by atoms with Gasteiger partial charge in [-0.1, -0.05) is 11.6 Å². The number of hydrogen-bond acceptors (Lipinski definition) is 5. The third-order valence-electron chi connectivity index (χ3n) is 6.94. The Labute approximate surface area is 203 Å². The van der Waals surface area contributed by atoms with Crippen LogP contribution >= 0.6 is 11.6 Å². The minimum atomic E-state index is -0.832. The lowest BCUT2D eigenvalue weighted by molar-refractivity contribution is -0.120. The number of benzene rings is 1. The van der Waals surface area contributed by atoms with Crippen LogP contribution in [0.3, 0.4) is 0 Å². The second-order valence-electron chi connectivity index (χ2n) is 9.06. The van der Waals surface area contributed by atoms with E-state index in [9.17, 15) is 19.2 Å². The molecular formula is C23H30ClN5O5. The molecule has 34 heavy (non-hydrogen) atoms. The van der Waals surface area contributed by atoms with Crippen LogP contribution in [0, 0.1) is 5.92 Å². The molecule has 2 N–H and O–H groups in total. The van der Waals surface area contributed by atoms with Crippen LogP contribution in [0.5, 0.6) is 0 Å². The number of imide groups is 1. The number of carbonyl (C=O) groups is 4. The fourth-order valence-electron chi connectivity index (χ4n) is 4.78. The zero-order valence-corrected chi connectivity index (χ0v) is 19.8. The molecule has 3 saturated heterocycles. The minimum absolute atomic E-state index is 0.105. The predicted molar refractivity (Wildman–Crippen MR) is 126 cm³/mol. The summed E-state index contributed by atoms with van der Waals surface area (Å²) in [5.74, 6) is 0.116. The van der Waals surface area contributed by atoms with Crippen LogP contribution in [0.2, 0.25) is 5.02 Å². The fourth-order valence-corrected chi connectivity index (χ4v) is 5.00. The van der Waals surface area contributed by atoms with Crippen LogP contribution in [0.1, 0.15) is 36.0 Å². The van der Waals surface area contributed by atoms with Gasteiger partial charge in [0.25, 0.3) is 5.91 Å². The SMILES string of the molecule is O=C1CCN(c2cc(C(=O)N3CCN(CCC4CCN(C(=O)O)CC4)CC3)ccc2Cl)C(=O)N1. The Hall–Kier alpha value is -2.85. The molecule has 3 fully saturated rings. The number of anilines is 1. The molecule has 0 aliphatic carbocycles. The number of piperazine rings is 1. The molecule has 0 spiro atoms. The molecule has 0 aromatic heterocycles. The quantitative estimate of drug-likeness (QED) is 0.653. The molecule has 5 amide bonds. The van der Waals surface area contributed by atoms with Gasteiger partial charge in [-0.25, -0.2) is 9.59 Å². The molecule has 10 nitrogen and oxygen atoms in total. The zero-order chi connectivity index (χ0) is 24.2. The van der Waals surface area contributed by atoms with E-state index in [1.165, 1.54) is 9.80 Å². The molecule has 0 unspecified atom stereocenters. The molecule has 1 aromatic rings. The average molecular weight is 492 g/mol. The number of hydrogen-bond donors (Lipinski definition) is 2. The van der Waals surface area contributed by atoms with Crippen molar-refractivity contribution >= 4 is 41.2 Å². The summed E-state index contributed by atoms with van der Waals surface area (Å²) in [6.45, 7) is 5.21. The first-order chi connectivity index (χ1) is 16.3. The number of piperidine rings is 1. The maximum atomic E-state index is 13.1. The number of nitrogens with one attached hydrogen (secondary N) is 1. The summed E-state index contributed by atoms with van der Waals surface area (Å²) in [6.07, 6.45) is 2.21. The molecule has 0 bridgehead atoms. The normalized spacial score (nSPS) is 20.4. The largest absolute Gasteiger partial charge is 0.465 e. The molecule has 3 aliphatic heterocycles. The number of carboxylic acid groups (broad SMARTS) is 1. The van der Waals surface area contributed by atoms with E-state index in [1.807, 2.05) is 4.90 Å². The monoisotopic (exact) mass is 491 g/mol. The van der Waals surface area contributed by atoms with Crippen molar-refractivity contribution in [3.8, 4) is 0 Å². The van der Waals surface area contributed by atoms with E-state index >= 15 is 0 Å². The van der Waals surface area contributed by atoms with E-state index in [1.54, 1.807) is 18.2 Å². The Bertz CT molecular complexity index is 957. The first-order valence-corrected chi connectivity index (χ1v) is 12.1. The predicted octanol–water partition coefficient (Wildman–Crippen LogP) is 2.32. The third kappa shape index (κ3) is 5.61. The summed E-state index contributed by atoms with van der Waals surface area (Å²) >= 11 is 6.29. The van der Waals surface area contributed by atoms with Gasteiger partial charge < -0.3 is 14.9 Å². The average Bonchev–Trinajstić information content (AvgIpc) is 2.83. The van der Waals surface area contributed by atoms with Gasteiger partial charge in [0.15, 0.2) is 0 Å². The van der Waals surface area contributed by atoms with Crippen molar-refractivity contribution in [2.24, 2.45) is 5.92 Å². The number of rotatable bonds is 5. The third-order valence-corrected chi connectivity index (χ3v) is 7.26. The second-order valence-corrected chi connectivity index (χ2v) is 9.46. The summed E-state index contributed by atoms with van der Waals surface area (Å²) in [6, 6.07) is 4.36. The molecule has 3 aliphatic rings. The van der Waals surface area contributed by atoms with Crippen molar-refractivity contribution in [1.82, 2.24) is 20.0 Å². The Kier molecular flexibility index (Phi) is 7.57. The van der Waals surface area contributed by atoms with Crippen LogP contribution in [0.25, 0.3) is 0 Å². The molecule has 3 heterocycles. The van der Waals surface area contributed by atoms with Crippen LogP contribution in [-0.2, 0) is 4.79 Å². The highest BCUT2D eigenvalue weighted by Crippen LogP contribution is 2.29. The van der Waals surface area contributed by atoms with Crippen molar-refractivity contribution in [2.45, 2.75) is 25.7 Å². The first kappa shape index (κ1) is 24.3. The highest BCUT2D eigenvalue weighted by atomic mass is 35.5. The summed E-state index contributed by atoms with van der Waals surface area (Å²) in [5.41, 5.74) is 0.882. The number of amides is 5. The van der Waals surface area contributed by atoms with Gasteiger partial charge in [0, 0.05) is 57.8 Å². The van der Waals surface area contributed by atoms with Gasteiger partial charge >= 0.3 is 12.1 Å². The van der Waals surface area contributed by atoms with Crippen LogP contribution in [0.4, 0.5) is 15.3 Å². The van der Waals surface area contributed by atoms with E-state index < -0.39 is 12.1 Å². The first-order valence-electron chi connectivity index (χ1n) is 11.7. The van der Waals surface area contributed by atoms with Crippen molar-refractivity contribution in [2.75, 3.05) is 57.3 Å². The maximum absolute atomic E-state index is 13.1. The van der Waals surface area contributed by atoms with Gasteiger partial charge in [0.05, 0.1) is 10.7 Å². The Morgan fingerprint density at radius 3 is 2.35 bits per heavy atom. The minimum Gasteiger partial charge on any atom is -0.465 e. The Morgan fingerprint density at radius 1 is 1.00 bits per heavy atom. The van der Waals surface area contributed by atoms with Crippen molar-refractivity contribution in [3.63, 3.8) is 0 Å². The number of halogens is 1. The molecule has 0 atom stereocenters. The molecule has 184 valence electrons. The van der Waals surface area contributed by atoms with Gasteiger partial charge in [-0.3, -0.25) is 24.7 Å². The topological polar surface area (TPSA) is 114 Å². The van der Waals surface area contributed by atoms with E-state index in [0.717, 1.165) is 38.9 Å². The maximum Gasteiger partial charge on any atom is 0.407 e. The van der Waals surface area contributed by atoms with Crippen molar-refractivity contribution < 1.29 is 24.3 Å². The smallest absolute Gasteiger partial charge is 0.407 e. The highest BCUT2D eigenvalue weighted by Gasteiger charge is 2.28.